The first kappa shape index (κ1) is 14.3. The Bertz CT molecular complexity index is 263. The number of amides is 1. The smallest absolute Gasteiger partial charge is 0.407 e. The third-order valence-corrected chi connectivity index (χ3v) is 2.75. The summed E-state index contributed by atoms with van der Waals surface area (Å²) in [5.74, 6) is 0. The van der Waals surface area contributed by atoms with Crippen LogP contribution in [0.5, 0.6) is 0 Å². The molecule has 1 fully saturated rings. The lowest BCUT2D eigenvalue weighted by Crippen LogP contribution is -2.48. The first-order valence-electron chi connectivity index (χ1n) is 6.08. The Morgan fingerprint density at radius 2 is 1.94 bits per heavy atom. The summed E-state index contributed by atoms with van der Waals surface area (Å²) >= 11 is 0. The normalized spacial score (nSPS) is 29.8. The number of nitrogens with two attached hydrogens (primary N) is 1. The number of carbonyl (C=O) groups excluding carboxylic acids is 1. The molecule has 1 saturated carbocycles. The molecule has 17 heavy (non-hydrogen) atoms. The van der Waals surface area contributed by atoms with E-state index >= 15 is 0 Å². The van der Waals surface area contributed by atoms with Gasteiger partial charge in [-0.05, 0) is 40.0 Å². The van der Waals surface area contributed by atoms with Gasteiger partial charge in [0.2, 0.25) is 0 Å². The van der Waals surface area contributed by atoms with Crippen molar-refractivity contribution < 1.29 is 14.3 Å². The molecule has 0 aromatic carbocycles. The van der Waals surface area contributed by atoms with Crippen molar-refractivity contribution in [3.8, 4) is 0 Å². The Morgan fingerprint density at radius 1 is 1.29 bits per heavy atom. The SMILES string of the molecule is CO[C@H]1CC(N)C[C@@H](NC(=O)OC(C)(C)C)C1. The summed E-state index contributed by atoms with van der Waals surface area (Å²) in [6, 6.07) is 0.118. The number of alkyl carbamates (subject to hydrolysis) is 1. The van der Waals surface area contributed by atoms with Gasteiger partial charge in [0.25, 0.3) is 0 Å². The first-order chi connectivity index (χ1) is 7.80. The molecule has 0 aromatic heterocycles. The molecule has 3 N–H and O–H groups in total. The van der Waals surface area contributed by atoms with E-state index in [2.05, 4.69) is 5.32 Å². The van der Waals surface area contributed by atoms with Crippen molar-refractivity contribution in [2.24, 2.45) is 5.73 Å². The zero-order valence-corrected chi connectivity index (χ0v) is 11.2. The molecule has 1 amide bonds. The lowest BCUT2D eigenvalue weighted by Gasteiger charge is -2.33. The van der Waals surface area contributed by atoms with Crippen LogP contribution in [0, 0.1) is 0 Å². The second kappa shape index (κ2) is 5.69. The van der Waals surface area contributed by atoms with Gasteiger partial charge in [-0.15, -0.1) is 0 Å². The van der Waals surface area contributed by atoms with Crippen molar-refractivity contribution >= 4 is 6.09 Å². The Morgan fingerprint density at radius 3 is 2.47 bits per heavy atom. The van der Waals surface area contributed by atoms with E-state index in [1.165, 1.54) is 0 Å². The Balaban J connectivity index is 2.42. The van der Waals surface area contributed by atoms with Crippen molar-refractivity contribution in [2.75, 3.05) is 7.11 Å². The zero-order valence-electron chi connectivity index (χ0n) is 11.2. The van der Waals surface area contributed by atoms with Crippen LogP contribution in [0.25, 0.3) is 0 Å². The lowest BCUT2D eigenvalue weighted by atomic mass is 9.89. The summed E-state index contributed by atoms with van der Waals surface area (Å²) in [4.78, 5) is 11.6. The molecule has 0 aromatic rings. The molecule has 1 rings (SSSR count). The van der Waals surface area contributed by atoms with Gasteiger partial charge < -0.3 is 20.5 Å². The predicted molar refractivity (Wildman–Crippen MR) is 65.8 cm³/mol. The van der Waals surface area contributed by atoms with Crippen LogP contribution in [0.15, 0.2) is 0 Å². The average molecular weight is 244 g/mol. The molecule has 0 spiro atoms. The summed E-state index contributed by atoms with van der Waals surface area (Å²) in [5, 5.41) is 2.85. The van der Waals surface area contributed by atoms with Gasteiger partial charge in [0.05, 0.1) is 6.10 Å². The van der Waals surface area contributed by atoms with Gasteiger partial charge >= 0.3 is 6.09 Å². The second-order valence-corrected chi connectivity index (χ2v) is 5.67. The Hall–Kier alpha value is -0.810. The molecule has 0 radical (unpaired) electrons. The highest BCUT2D eigenvalue weighted by Gasteiger charge is 2.29. The van der Waals surface area contributed by atoms with Crippen LogP contribution in [-0.2, 0) is 9.47 Å². The molecule has 1 unspecified atom stereocenters. The van der Waals surface area contributed by atoms with Gasteiger partial charge in [-0.1, -0.05) is 0 Å². The standard InChI is InChI=1S/C12H24N2O3/c1-12(2,3)17-11(15)14-9-5-8(13)6-10(7-9)16-4/h8-10H,5-7,13H2,1-4H3,(H,14,15)/t8?,9-,10+/m1/s1. The van der Waals surface area contributed by atoms with Gasteiger partial charge in [0.15, 0.2) is 0 Å². The molecule has 0 heterocycles. The number of nitrogens with one attached hydrogen (secondary N) is 1. The van der Waals surface area contributed by atoms with Crippen molar-refractivity contribution in [1.29, 1.82) is 0 Å². The van der Waals surface area contributed by atoms with E-state index in [0.717, 1.165) is 19.3 Å². The molecule has 5 heteroatoms. The number of hydrogen-bond donors (Lipinski definition) is 2. The molecule has 0 saturated heterocycles. The fourth-order valence-corrected chi connectivity index (χ4v) is 2.09. The minimum atomic E-state index is -0.471. The van der Waals surface area contributed by atoms with Crippen LogP contribution in [-0.4, -0.2) is 37.0 Å². The van der Waals surface area contributed by atoms with Crippen molar-refractivity contribution in [2.45, 2.75) is 63.8 Å². The van der Waals surface area contributed by atoms with Crippen LogP contribution in [0.4, 0.5) is 4.79 Å². The van der Waals surface area contributed by atoms with Crippen molar-refractivity contribution in [3.05, 3.63) is 0 Å². The monoisotopic (exact) mass is 244 g/mol. The predicted octanol–water partition coefficient (Wildman–Crippen LogP) is 1.41. The lowest BCUT2D eigenvalue weighted by molar-refractivity contribution is 0.0340. The number of rotatable bonds is 2. The van der Waals surface area contributed by atoms with Crippen LogP contribution in [0.1, 0.15) is 40.0 Å². The van der Waals surface area contributed by atoms with E-state index in [1.54, 1.807) is 7.11 Å². The Labute approximate surface area is 103 Å². The molecule has 3 atom stereocenters. The summed E-state index contributed by atoms with van der Waals surface area (Å²) < 4.78 is 10.5. The number of hydrogen-bond acceptors (Lipinski definition) is 4. The molecular weight excluding hydrogens is 220 g/mol. The molecule has 0 aliphatic heterocycles. The summed E-state index contributed by atoms with van der Waals surface area (Å²) in [6.45, 7) is 5.53. The first-order valence-corrected chi connectivity index (χ1v) is 6.08. The minimum absolute atomic E-state index is 0.0403. The van der Waals surface area contributed by atoms with E-state index in [0.29, 0.717) is 0 Å². The van der Waals surface area contributed by atoms with Crippen molar-refractivity contribution in [3.63, 3.8) is 0 Å². The number of ether oxygens (including phenoxy) is 2. The fourth-order valence-electron chi connectivity index (χ4n) is 2.09. The molecule has 1 aliphatic rings. The third-order valence-electron chi connectivity index (χ3n) is 2.75. The maximum atomic E-state index is 11.6. The quantitative estimate of drug-likeness (QED) is 0.770. The molecule has 5 nitrogen and oxygen atoms in total. The minimum Gasteiger partial charge on any atom is -0.444 e. The van der Waals surface area contributed by atoms with E-state index in [9.17, 15) is 4.79 Å². The topological polar surface area (TPSA) is 73.6 Å². The fraction of sp³-hybridized carbons (Fsp3) is 0.917. The van der Waals surface area contributed by atoms with Crippen LogP contribution in [0.2, 0.25) is 0 Å². The van der Waals surface area contributed by atoms with E-state index < -0.39 is 5.60 Å². The maximum Gasteiger partial charge on any atom is 0.407 e. The number of methoxy groups -OCH3 is 1. The highest BCUT2D eigenvalue weighted by molar-refractivity contribution is 5.68. The van der Waals surface area contributed by atoms with E-state index in [1.807, 2.05) is 20.8 Å². The van der Waals surface area contributed by atoms with Gasteiger partial charge in [0.1, 0.15) is 5.60 Å². The Kier molecular flexibility index (Phi) is 4.77. The van der Waals surface area contributed by atoms with E-state index in [4.69, 9.17) is 15.2 Å². The third kappa shape index (κ3) is 5.37. The molecule has 100 valence electrons. The van der Waals surface area contributed by atoms with Crippen LogP contribution < -0.4 is 11.1 Å². The highest BCUT2D eigenvalue weighted by atomic mass is 16.6. The molecule has 1 aliphatic carbocycles. The van der Waals surface area contributed by atoms with Crippen LogP contribution >= 0.6 is 0 Å². The van der Waals surface area contributed by atoms with Crippen LogP contribution in [0.3, 0.4) is 0 Å². The largest absolute Gasteiger partial charge is 0.444 e. The number of carbonyl (C=O) groups is 1. The molecular formula is C12H24N2O3. The van der Waals surface area contributed by atoms with Gasteiger partial charge in [-0.3, -0.25) is 0 Å². The summed E-state index contributed by atoms with van der Waals surface area (Å²) in [5.41, 5.74) is 5.45. The maximum absolute atomic E-state index is 11.6. The molecule has 0 bridgehead atoms. The summed E-state index contributed by atoms with van der Waals surface area (Å²) in [6.07, 6.45) is 2.16. The van der Waals surface area contributed by atoms with Crippen molar-refractivity contribution in [1.82, 2.24) is 5.32 Å². The van der Waals surface area contributed by atoms with Gasteiger partial charge in [-0.2, -0.15) is 0 Å². The van der Waals surface area contributed by atoms with E-state index in [-0.39, 0.29) is 24.3 Å². The zero-order chi connectivity index (χ0) is 13.1. The second-order valence-electron chi connectivity index (χ2n) is 5.67. The highest BCUT2D eigenvalue weighted by Crippen LogP contribution is 2.20. The van der Waals surface area contributed by atoms with Gasteiger partial charge in [-0.25, -0.2) is 4.79 Å². The van der Waals surface area contributed by atoms with Gasteiger partial charge in [0, 0.05) is 19.2 Å². The average Bonchev–Trinajstić information content (AvgIpc) is 2.13. The summed E-state index contributed by atoms with van der Waals surface area (Å²) in [7, 11) is 1.67.